The number of hydrogen-bond donors (Lipinski definition) is 4. The molecule has 0 spiro atoms. The minimum Gasteiger partial charge on any atom is -0.365 e. The highest BCUT2D eigenvalue weighted by Gasteiger charge is 2.36. The lowest BCUT2D eigenvalue weighted by Gasteiger charge is -2.25. The van der Waals surface area contributed by atoms with Crippen LogP contribution in [0.15, 0.2) is 54.6 Å². The van der Waals surface area contributed by atoms with Gasteiger partial charge >= 0.3 is 0 Å². The van der Waals surface area contributed by atoms with Crippen LogP contribution in [0, 0.1) is 0 Å². The number of aryl methyl sites for hydroxylation is 1. The van der Waals surface area contributed by atoms with Crippen molar-refractivity contribution in [2.75, 3.05) is 0 Å². The lowest BCUT2D eigenvalue weighted by atomic mass is 10.0. The number of carbonyl (C=O) groups is 2. The van der Waals surface area contributed by atoms with Crippen molar-refractivity contribution < 1.29 is 14.7 Å². The average molecular weight is 372 g/mol. The van der Waals surface area contributed by atoms with E-state index < -0.39 is 17.5 Å². The summed E-state index contributed by atoms with van der Waals surface area (Å²) in [6.07, 6.45) is 0.340. The number of aromatic amines is 1. The van der Waals surface area contributed by atoms with Crippen molar-refractivity contribution in [3.8, 4) is 0 Å². The molecule has 134 valence electrons. The molecule has 0 radical (unpaired) electrons. The van der Waals surface area contributed by atoms with E-state index >= 15 is 0 Å². The fourth-order valence-corrected chi connectivity index (χ4v) is 2.88. The van der Waals surface area contributed by atoms with Crippen molar-refractivity contribution in [1.29, 1.82) is 0 Å². The largest absolute Gasteiger partial charge is 0.365 e. The van der Waals surface area contributed by atoms with Crippen LogP contribution < -0.4 is 11.1 Å². The molecule has 0 aliphatic rings. The van der Waals surface area contributed by atoms with E-state index in [-0.39, 0.29) is 12.1 Å². The molecular weight excluding hydrogens is 354 g/mol. The van der Waals surface area contributed by atoms with Crippen LogP contribution in [0.3, 0.4) is 0 Å². The molecule has 0 saturated carbocycles. The second-order valence-electron chi connectivity index (χ2n) is 6.08. The fourth-order valence-electron chi connectivity index (χ4n) is 2.70. The van der Waals surface area contributed by atoms with E-state index in [1.54, 1.807) is 24.3 Å². The number of hydrogen-bond acceptors (Lipinski definition) is 3. The molecule has 0 fully saturated rings. The maximum absolute atomic E-state index is 12.5. The Morgan fingerprint density at radius 2 is 1.88 bits per heavy atom. The third-order valence-electron chi connectivity index (χ3n) is 4.17. The lowest BCUT2D eigenvalue weighted by molar-refractivity contribution is -0.139. The molecule has 5 N–H and O–H groups in total. The van der Waals surface area contributed by atoms with Gasteiger partial charge in [-0.05, 0) is 36.2 Å². The van der Waals surface area contributed by atoms with Crippen molar-refractivity contribution in [1.82, 2.24) is 10.3 Å². The highest BCUT2D eigenvalue weighted by Crippen LogP contribution is 2.21. The monoisotopic (exact) mass is 371 g/mol. The molecule has 2 amide bonds. The van der Waals surface area contributed by atoms with Gasteiger partial charge in [-0.25, -0.2) is 0 Å². The number of carbonyl (C=O) groups excluding carboxylic acids is 2. The Kier molecular flexibility index (Phi) is 4.97. The summed E-state index contributed by atoms with van der Waals surface area (Å²) in [5.41, 5.74) is 5.00. The number of nitrogens with one attached hydrogen (secondary N) is 2. The summed E-state index contributed by atoms with van der Waals surface area (Å²) in [6, 6.07) is 16.0. The number of aromatic nitrogens is 1. The Hall–Kier alpha value is -2.83. The van der Waals surface area contributed by atoms with Crippen LogP contribution in [0.1, 0.15) is 22.5 Å². The summed E-state index contributed by atoms with van der Waals surface area (Å²) in [5.74, 6) is -1.65. The molecule has 0 aliphatic heterocycles. The Bertz CT molecular complexity index is 955. The van der Waals surface area contributed by atoms with E-state index in [2.05, 4.69) is 10.3 Å². The number of primary amides is 1. The Morgan fingerprint density at radius 1 is 1.15 bits per heavy atom. The lowest BCUT2D eigenvalue weighted by Crippen LogP contribution is -2.57. The van der Waals surface area contributed by atoms with Crippen LogP contribution in [0.25, 0.3) is 10.9 Å². The van der Waals surface area contributed by atoms with Crippen LogP contribution in [0.4, 0.5) is 0 Å². The second kappa shape index (κ2) is 7.19. The first kappa shape index (κ1) is 18.0. The van der Waals surface area contributed by atoms with Crippen LogP contribution in [-0.4, -0.2) is 27.6 Å². The molecule has 3 aromatic rings. The van der Waals surface area contributed by atoms with E-state index in [0.717, 1.165) is 10.9 Å². The first-order valence-electron chi connectivity index (χ1n) is 8.04. The Morgan fingerprint density at radius 3 is 2.58 bits per heavy atom. The number of fused-ring (bicyclic) bond motifs is 1. The number of halogens is 1. The number of benzene rings is 2. The highest BCUT2D eigenvalue weighted by molar-refractivity contribution is 6.31. The molecule has 1 atom stereocenters. The minimum atomic E-state index is -2.15. The summed E-state index contributed by atoms with van der Waals surface area (Å²) in [7, 11) is 0. The van der Waals surface area contributed by atoms with E-state index in [9.17, 15) is 14.7 Å². The number of H-pyrrole nitrogens is 1. The Balaban J connectivity index is 1.77. The average Bonchev–Trinajstić information content (AvgIpc) is 3.04. The van der Waals surface area contributed by atoms with Gasteiger partial charge in [-0.3, -0.25) is 9.59 Å². The van der Waals surface area contributed by atoms with Gasteiger partial charge in [0.15, 0.2) is 0 Å². The zero-order valence-corrected chi connectivity index (χ0v) is 14.6. The maximum atomic E-state index is 12.5. The van der Waals surface area contributed by atoms with E-state index in [1.165, 1.54) is 0 Å². The summed E-state index contributed by atoms with van der Waals surface area (Å²) in [6.45, 7) is 0. The van der Waals surface area contributed by atoms with Crippen LogP contribution in [-0.2, 0) is 11.2 Å². The predicted molar refractivity (Wildman–Crippen MR) is 99.7 cm³/mol. The molecule has 7 heteroatoms. The van der Waals surface area contributed by atoms with Crippen LogP contribution in [0.2, 0.25) is 5.02 Å². The van der Waals surface area contributed by atoms with Crippen molar-refractivity contribution in [3.63, 3.8) is 0 Å². The molecule has 1 aromatic heterocycles. The third kappa shape index (κ3) is 3.87. The topological polar surface area (TPSA) is 108 Å². The summed E-state index contributed by atoms with van der Waals surface area (Å²) < 4.78 is 0. The number of nitrogens with two attached hydrogens (primary N) is 1. The molecule has 2 aromatic carbocycles. The van der Waals surface area contributed by atoms with Gasteiger partial charge in [0.2, 0.25) is 5.72 Å². The van der Waals surface area contributed by atoms with Crippen molar-refractivity contribution in [2.24, 2.45) is 5.73 Å². The molecule has 0 aliphatic carbocycles. The first-order valence-corrected chi connectivity index (χ1v) is 8.42. The third-order valence-corrected chi connectivity index (χ3v) is 4.41. The Labute approximate surface area is 155 Å². The van der Waals surface area contributed by atoms with Crippen molar-refractivity contribution in [3.05, 3.63) is 70.9 Å². The molecule has 6 nitrogen and oxygen atoms in total. The van der Waals surface area contributed by atoms with Gasteiger partial charge in [0.1, 0.15) is 5.69 Å². The molecule has 3 rings (SSSR count). The molecule has 1 heterocycles. The van der Waals surface area contributed by atoms with Gasteiger partial charge in [-0.1, -0.05) is 41.9 Å². The maximum Gasteiger partial charge on any atom is 0.270 e. The van der Waals surface area contributed by atoms with Gasteiger partial charge < -0.3 is 21.1 Å². The van der Waals surface area contributed by atoms with Gasteiger partial charge in [0.25, 0.3) is 11.8 Å². The second-order valence-corrected chi connectivity index (χ2v) is 6.52. The van der Waals surface area contributed by atoms with Gasteiger partial charge in [0.05, 0.1) is 0 Å². The normalized spacial score (nSPS) is 13.3. The number of aliphatic hydroxyl groups is 1. The van der Waals surface area contributed by atoms with Crippen molar-refractivity contribution >= 4 is 34.3 Å². The predicted octanol–water partition coefficient (Wildman–Crippen LogP) is 2.36. The minimum absolute atomic E-state index is 0.0376. The number of rotatable bonds is 6. The van der Waals surface area contributed by atoms with E-state index in [0.29, 0.717) is 17.0 Å². The first-order chi connectivity index (χ1) is 12.4. The molecule has 26 heavy (non-hydrogen) atoms. The molecule has 0 saturated heterocycles. The van der Waals surface area contributed by atoms with Gasteiger partial charge in [0, 0.05) is 22.3 Å². The summed E-state index contributed by atoms with van der Waals surface area (Å²) in [5, 5.41) is 14.2. The zero-order valence-electron chi connectivity index (χ0n) is 13.8. The zero-order chi connectivity index (χ0) is 18.7. The summed E-state index contributed by atoms with van der Waals surface area (Å²) >= 11 is 5.94. The van der Waals surface area contributed by atoms with E-state index in [4.69, 9.17) is 17.3 Å². The fraction of sp³-hybridized carbons (Fsp3) is 0.158. The van der Waals surface area contributed by atoms with Crippen LogP contribution >= 0.6 is 11.6 Å². The summed E-state index contributed by atoms with van der Waals surface area (Å²) in [4.78, 5) is 27.2. The molecule has 1 unspecified atom stereocenters. The standard InChI is InChI=1S/C19H18ClN3O3/c20-14-6-7-15-13(10-14)11-16(22-15)17(24)23-19(26,18(21)25)9-8-12-4-2-1-3-5-12/h1-7,10-11,22,26H,8-9H2,(H2,21,25)(H,23,24). The highest BCUT2D eigenvalue weighted by atomic mass is 35.5. The SMILES string of the molecule is NC(=O)C(O)(CCc1ccccc1)NC(=O)c1cc2cc(Cl)ccc2[nH]1. The quantitative estimate of drug-likeness (QED) is 0.499. The molecule has 0 bridgehead atoms. The van der Waals surface area contributed by atoms with Crippen molar-refractivity contribution in [2.45, 2.75) is 18.6 Å². The number of amides is 2. The van der Waals surface area contributed by atoms with E-state index in [1.807, 2.05) is 30.3 Å². The van der Waals surface area contributed by atoms with Gasteiger partial charge in [-0.15, -0.1) is 0 Å². The smallest absolute Gasteiger partial charge is 0.270 e. The molecular formula is C19H18ClN3O3. The van der Waals surface area contributed by atoms with Crippen LogP contribution in [0.5, 0.6) is 0 Å². The van der Waals surface area contributed by atoms with Gasteiger partial charge in [-0.2, -0.15) is 0 Å².